The lowest BCUT2D eigenvalue weighted by atomic mass is 10.2. The smallest absolute Gasteiger partial charge is 0.123 e. The van der Waals surface area contributed by atoms with E-state index in [0.29, 0.717) is 22.9 Å². The van der Waals surface area contributed by atoms with E-state index in [1.54, 1.807) is 35.0 Å². The molecule has 6 heteroatoms. The number of halogens is 2. The van der Waals surface area contributed by atoms with E-state index in [-0.39, 0.29) is 5.82 Å². The quantitative estimate of drug-likeness (QED) is 0.679. The van der Waals surface area contributed by atoms with Gasteiger partial charge in [-0.05, 0) is 56.3 Å². The minimum atomic E-state index is -0.301. The van der Waals surface area contributed by atoms with Crippen LogP contribution in [0.4, 0.5) is 4.39 Å². The molecule has 0 aliphatic carbocycles. The number of ether oxygens (including phenoxy) is 1. The lowest BCUT2D eigenvalue weighted by molar-refractivity contribution is 0.304. The molecule has 0 N–H and O–H groups in total. The van der Waals surface area contributed by atoms with Gasteiger partial charge < -0.3 is 4.74 Å². The van der Waals surface area contributed by atoms with Crippen LogP contribution in [0.1, 0.15) is 22.5 Å². The topological polar surface area (TPSA) is 50.8 Å². The van der Waals surface area contributed by atoms with E-state index < -0.39 is 0 Å². The SMILES string of the molecule is Cc1nn(-c2ccc(C#N)c(Cl)c2)c(C)c1COc1ccc(F)cc1. The molecule has 0 saturated carbocycles. The number of hydrogen-bond donors (Lipinski definition) is 0. The predicted octanol–water partition coefficient (Wildman–Crippen LogP) is 4.73. The number of benzene rings is 2. The van der Waals surface area contributed by atoms with E-state index in [4.69, 9.17) is 21.6 Å². The summed E-state index contributed by atoms with van der Waals surface area (Å²) in [5.41, 5.74) is 3.90. The Bertz CT molecular complexity index is 958. The first-order valence-corrected chi connectivity index (χ1v) is 8.01. The summed E-state index contributed by atoms with van der Waals surface area (Å²) in [6.07, 6.45) is 0. The number of aromatic nitrogens is 2. The fourth-order valence-electron chi connectivity index (χ4n) is 2.55. The van der Waals surface area contributed by atoms with Gasteiger partial charge in [-0.1, -0.05) is 11.6 Å². The third-order valence-electron chi connectivity index (χ3n) is 3.96. The van der Waals surface area contributed by atoms with Crippen molar-refractivity contribution >= 4 is 11.6 Å². The molecule has 2 aromatic carbocycles. The van der Waals surface area contributed by atoms with Crippen LogP contribution in [0.2, 0.25) is 5.02 Å². The van der Waals surface area contributed by atoms with Gasteiger partial charge in [0.2, 0.25) is 0 Å². The van der Waals surface area contributed by atoms with Gasteiger partial charge in [0.05, 0.1) is 22.0 Å². The summed E-state index contributed by atoms with van der Waals surface area (Å²) < 4.78 is 20.5. The molecule has 0 radical (unpaired) electrons. The molecule has 0 unspecified atom stereocenters. The van der Waals surface area contributed by atoms with Crippen LogP contribution >= 0.6 is 11.6 Å². The Hall–Kier alpha value is -2.84. The standard InChI is InChI=1S/C19H15ClFN3O/c1-12-18(11-25-17-7-4-15(21)5-8-17)13(2)24(23-12)16-6-3-14(10-22)19(20)9-16/h3-9H,11H2,1-2H3. The number of nitrogens with zero attached hydrogens (tertiary/aromatic N) is 3. The van der Waals surface area contributed by atoms with Gasteiger partial charge in [0.1, 0.15) is 24.2 Å². The number of rotatable bonds is 4. The largest absolute Gasteiger partial charge is 0.489 e. The molecule has 0 amide bonds. The molecule has 25 heavy (non-hydrogen) atoms. The van der Waals surface area contributed by atoms with E-state index in [0.717, 1.165) is 22.6 Å². The number of nitriles is 1. The van der Waals surface area contributed by atoms with Gasteiger partial charge in [0.25, 0.3) is 0 Å². The summed E-state index contributed by atoms with van der Waals surface area (Å²) in [4.78, 5) is 0. The zero-order valence-electron chi connectivity index (χ0n) is 13.8. The third-order valence-corrected chi connectivity index (χ3v) is 4.27. The molecule has 0 fully saturated rings. The molecule has 4 nitrogen and oxygen atoms in total. The van der Waals surface area contributed by atoms with Crippen molar-refractivity contribution in [3.63, 3.8) is 0 Å². The second kappa shape index (κ2) is 6.96. The maximum atomic E-state index is 13.0. The molecular weight excluding hydrogens is 341 g/mol. The van der Waals surface area contributed by atoms with Crippen LogP contribution in [0.5, 0.6) is 5.75 Å². The van der Waals surface area contributed by atoms with Gasteiger partial charge in [0, 0.05) is 11.3 Å². The van der Waals surface area contributed by atoms with Crippen LogP contribution in [-0.2, 0) is 6.61 Å². The molecule has 3 rings (SSSR count). The van der Waals surface area contributed by atoms with E-state index in [9.17, 15) is 4.39 Å². The number of aryl methyl sites for hydroxylation is 1. The highest BCUT2D eigenvalue weighted by Crippen LogP contribution is 2.24. The maximum absolute atomic E-state index is 13.0. The van der Waals surface area contributed by atoms with Gasteiger partial charge >= 0.3 is 0 Å². The average molecular weight is 356 g/mol. The van der Waals surface area contributed by atoms with E-state index in [1.807, 2.05) is 19.9 Å². The van der Waals surface area contributed by atoms with Gasteiger partial charge in [-0.2, -0.15) is 10.4 Å². The van der Waals surface area contributed by atoms with Crippen molar-refractivity contribution in [2.24, 2.45) is 0 Å². The van der Waals surface area contributed by atoms with Crippen LogP contribution < -0.4 is 4.74 Å². The van der Waals surface area contributed by atoms with E-state index in [2.05, 4.69) is 5.10 Å². The minimum Gasteiger partial charge on any atom is -0.489 e. The van der Waals surface area contributed by atoms with Gasteiger partial charge in [-0.15, -0.1) is 0 Å². The van der Waals surface area contributed by atoms with Crippen molar-refractivity contribution in [2.45, 2.75) is 20.5 Å². The predicted molar refractivity (Wildman–Crippen MR) is 93.5 cm³/mol. The second-order valence-corrected chi connectivity index (χ2v) is 5.99. The fraction of sp³-hybridized carbons (Fsp3) is 0.158. The lowest BCUT2D eigenvalue weighted by Crippen LogP contribution is -2.01. The van der Waals surface area contributed by atoms with Crippen molar-refractivity contribution in [3.8, 4) is 17.5 Å². The monoisotopic (exact) mass is 355 g/mol. The molecule has 0 bridgehead atoms. The summed E-state index contributed by atoms with van der Waals surface area (Å²) in [5, 5.41) is 13.9. The molecule has 0 aliphatic heterocycles. The first-order chi connectivity index (χ1) is 12.0. The highest BCUT2D eigenvalue weighted by Gasteiger charge is 2.14. The molecule has 0 aliphatic rings. The third kappa shape index (κ3) is 3.49. The van der Waals surface area contributed by atoms with Crippen LogP contribution in [0, 0.1) is 31.0 Å². The van der Waals surface area contributed by atoms with Crippen molar-refractivity contribution in [1.29, 1.82) is 5.26 Å². The van der Waals surface area contributed by atoms with Gasteiger partial charge in [0.15, 0.2) is 0 Å². The highest BCUT2D eigenvalue weighted by atomic mass is 35.5. The Morgan fingerprint density at radius 1 is 1.20 bits per heavy atom. The van der Waals surface area contributed by atoms with Crippen molar-refractivity contribution in [2.75, 3.05) is 0 Å². The summed E-state index contributed by atoms with van der Waals surface area (Å²) in [6, 6.07) is 13.1. The Labute approximate surface area is 150 Å². The molecule has 3 aromatic rings. The zero-order valence-corrected chi connectivity index (χ0v) is 14.5. The zero-order chi connectivity index (χ0) is 18.0. The van der Waals surface area contributed by atoms with Gasteiger partial charge in [-0.3, -0.25) is 0 Å². The highest BCUT2D eigenvalue weighted by molar-refractivity contribution is 6.31. The van der Waals surface area contributed by atoms with Crippen molar-refractivity contribution in [3.05, 3.63) is 75.8 Å². The molecule has 1 aromatic heterocycles. The Morgan fingerprint density at radius 2 is 1.92 bits per heavy atom. The van der Waals surface area contributed by atoms with Crippen molar-refractivity contribution < 1.29 is 9.13 Å². The maximum Gasteiger partial charge on any atom is 0.123 e. The average Bonchev–Trinajstić information content (AvgIpc) is 2.89. The first-order valence-electron chi connectivity index (χ1n) is 7.63. The Kier molecular flexibility index (Phi) is 4.73. The molecule has 0 spiro atoms. The van der Waals surface area contributed by atoms with Crippen LogP contribution in [0.15, 0.2) is 42.5 Å². The molecule has 126 valence electrons. The molecular formula is C19H15ClFN3O. The lowest BCUT2D eigenvalue weighted by Gasteiger charge is -2.08. The number of hydrogen-bond acceptors (Lipinski definition) is 3. The summed E-state index contributed by atoms with van der Waals surface area (Å²) in [5.74, 6) is 0.291. The Balaban J connectivity index is 1.87. The van der Waals surface area contributed by atoms with Crippen LogP contribution in [-0.4, -0.2) is 9.78 Å². The van der Waals surface area contributed by atoms with E-state index in [1.165, 1.54) is 12.1 Å². The van der Waals surface area contributed by atoms with Gasteiger partial charge in [-0.25, -0.2) is 9.07 Å². The normalized spacial score (nSPS) is 10.5. The fourth-order valence-corrected chi connectivity index (χ4v) is 2.77. The van der Waals surface area contributed by atoms with Crippen LogP contribution in [0.3, 0.4) is 0 Å². The molecule has 0 saturated heterocycles. The molecule has 0 atom stereocenters. The first kappa shape index (κ1) is 17.0. The van der Waals surface area contributed by atoms with E-state index >= 15 is 0 Å². The Morgan fingerprint density at radius 3 is 2.56 bits per heavy atom. The minimum absolute atomic E-state index is 0.301. The summed E-state index contributed by atoms with van der Waals surface area (Å²) in [7, 11) is 0. The molecule has 1 heterocycles. The van der Waals surface area contributed by atoms with Crippen molar-refractivity contribution in [1.82, 2.24) is 9.78 Å². The van der Waals surface area contributed by atoms with Crippen LogP contribution in [0.25, 0.3) is 5.69 Å². The summed E-state index contributed by atoms with van der Waals surface area (Å²) >= 11 is 6.11. The second-order valence-electron chi connectivity index (χ2n) is 5.58. The summed E-state index contributed by atoms with van der Waals surface area (Å²) in [6.45, 7) is 4.17.